The molecule has 51 heavy (non-hydrogen) atoms. The lowest BCUT2D eigenvalue weighted by Crippen LogP contribution is -2.68. The molecule has 0 spiro atoms. The van der Waals surface area contributed by atoms with Crippen molar-refractivity contribution in [3.63, 3.8) is 0 Å². The van der Waals surface area contributed by atoms with Crippen molar-refractivity contribution >= 4 is 5.97 Å². The summed E-state index contributed by atoms with van der Waals surface area (Å²) in [7, 11) is 0. The minimum absolute atomic E-state index is 0.0241. The molecule has 6 aliphatic carbocycles. The van der Waals surface area contributed by atoms with E-state index < -0.39 is 0 Å². The fourth-order valence-electron chi connectivity index (χ4n) is 15.6. The van der Waals surface area contributed by atoms with Crippen molar-refractivity contribution in [1.29, 1.82) is 0 Å². The number of hydrogen-bond acceptors (Lipinski definition) is 5. The van der Waals surface area contributed by atoms with Gasteiger partial charge in [0.25, 0.3) is 0 Å². The number of likely N-dealkylation sites (tertiary alicyclic amines) is 1. The number of hydrogen-bond donors (Lipinski definition) is 1. The summed E-state index contributed by atoms with van der Waals surface area (Å²) in [5.41, 5.74) is 6.20. The van der Waals surface area contributed by atoms with E-state index in [-0.39, 0.29) is 16.9 Å². The monoisotopic (exact) mass is 701 g/mol. The van der Waals surface area contributed by atoms with Crippen LogP contribution < -0.4 is 5.32 Å². The van der Waals surface area contributed by atoms with Gasteiger partial charge >= 0.3 is 5.97 Å². The van der Waals surface area contributed by atoms with Gasteiger partial charge in [0.2, 0.25) is 0 Å². The molecular weight excluding hydrogens is 629 g/mol. The number of ether oxygens (including phenoxy) is 2. The molecule has 8 rings (SSSR count). The average molecular weight is 701 g/mol. The lowest BCUT2D eigenvalue weighted by atomic mass is 9.33. The number of fused-ring (bicyclic) bond motifs is 9. The second-order valence-electron chi connectivity index (χ2n) is 20.5. The largest absolute Gasteiger partial charge is 0.466 e. The van der Waals surface area contributed by atoms with E-state index in [1.54, 1.807) is 11.1 Å². The Bertz CT molecular complexity index is 1450. The number of morpholine rings is 1. The number of nitrogens with zero attached hydrogens (tertiary/aromatic N) is 1. The predicted octanol–water partition coefficient (Wildman–Crippen LogP) is 9.68. The highest BCUT2D eigenvalue weighted by molar-refractivity contribution is 5.69. The fraction of sp³-hybridized carbons (Fsp3) is 0.848. The number of carbonyl (C=O) groups is 1. The van der Waals surface area contributed by atoms with E-state index in [0.717, 1.165) is 56.7 Å². The van der Waals surface area contributed by atoms with E-state index in [9.17, 15) is 4.79 Å². The van der Waals surface area contributed by atoms with Gasteiger partial charge in [0.05, 0.1) is 19.3 Å². The van der Waals surface area contributed by atoms with Crippen LogP contribution in [0.15, 0.2) is 35.5 Å². The van der Waals surface area contributed by atoms with Crippen molar-refractivity contribution in [2.24, 2.45) is 57.2 Å². The number of rotatable bonds is 9. The van der Waals surface area contributed by atoms with Crippen molar-refractivity contribution in [3.05, 3.63) is 35.5 Å². The molecule has 2 saturated heterocycles. The van der Waals surface area contributed by atoms with Crippen molar-refractivity contribution < 1.29 is 14.3 Å². The molecule has 284 valence electrons. The van der Waals surface area contributed by atoms with Gasteiger partial charge in [0.15, 0.2) is 0 Å². The number of carbonyl (C=O) groups excluding carboxylic acids is 1. The summed E-state index contributed by atoms with van der Waals surface area (Å²) < 4.78 is 11.2. The van der Waals surface area contributed by atoms with Crippen LogP contribution in [-0.4, -0.2) is 61.4 Å². The Morgan fingerprint density at radius 3 is 2.51 bits per heavy atom. The third-order valence-electron chi connectivity index (χ3n) is 18.2. The van der Waals surface area contributed by atoms with Crippen LogP contribution in [0.25, 0.3) is 0 Å². The molecule has 3 unspecified atom stereocenters. The van der Waals surface area contributed by atoms with Crippen molar-refractivity contribution in [2.75, 3.05) is 32.8 Å². The summed E-state index contributed by atoms with van der Waals surface area (Å²) in [6.07, 6.45) is 22.9. The third-order valence-corrected chi connectivity index (χ3v) is 18.2. The molecule has 0 radical (unpaired) electrons. The van der Waals surface area contributed by atoms with Crippen LogP contribution in [0.3, 0.4) is 0 Å². The second kappa shape index (κ2) is 13.1. The minimum Gasteiger partial charge on any atom is -0.466 e. The van der Waals surface area contributed by atoms with Gasteiger partial charge in [-0.3, -0.25) is 9.69 Å². The molecule has 0 aromatic heterocycles. The van der Waals surface area contributed by atoms with Gasteiger partial charge in [-0.1, -0.05) is 58.9 Å². The first-order valence-corrected chi connectivity index (χ1v) is 21.6. The van der Waals surface area contributed by atoms with Crippen LogP contribution in [0.2, 0.25) is 0 Å². The Morgan fingerprint density at radius 2 is 1.82 bits per heavy atom. The first kappa shape index (κ1) is 36.5. The van der Waals surface area contributed by atoms with Crippen LogP contribution >= 0.6 is 0 Å². The van der Waals surface area contributed by atoms with Crippen LogP contribution in [0.4, 0.5) is 0 Å². The summed E-state index contributed by atoms with van der Waals surface area (Å²) in [4.78, 5) is 14.9. The maximum absolute atomic E-state index is 12.2. The highest BCUT2D eigenvalue weighted by Crippen LogP contribution is 2.76. The molecule has 6 fully saturated rings. The molecule has 0 amide bonds. The average Bonchev–Trinajstić information content (AvgIpc) is 3.81. The molecule has 12 atom stereocenters. The number of allylic oxidation sites excluding steroid dienone is 5. The van der Waals surface area contributed by atoms with E-state index in [0.29, 0.717) is 59.2 Å². The smallest absolute Gasteiger partial charge is 0.306 e. The van der Waals surface area contributed by atoms with Gasteiger partial charge in [-0.2, -0.15) is 0 Å². The van der Waals surface area contributed by atoms with Gasteiger partial charge in [0.1, 0.15) is 0 Å². The van der Waals surface area contributed by atoms with E-state index >= 15 is 0 Å². The Labute approximate surface area is 311 Å². The van der Waals surface area contributed by atoms with Gasteiger partial charge in [-0.15, -0.1) is 0 Å². The molecule has 5 nitrogen and oxygen atoms in total. The van der Waals surface area contributed by atoms with Crippen LogP contribution in [0.1, 0.15) is 138 Å². The molecule has 2 bridgehead atoms. The maximum Gasteiger partial charge on any atom is 0.306 e. The molecule has 2 heterocycles. The molecule has 1 N–H and O–H groups in total. The zero-order valence-electron chi connectivity index (χ0n) is 33.6. The SMILES string of the molecule is C=C(C)[C@@H]1CC[C@]2(NCCN3CC4CC3CO4)CC[C@]3(C)[C@H](CC[C@@H]4[C@@]5(C)CC=C(C6=CCC(CC(=O)OCC)CC6)C(C)(C)[C@@H]5CC[C@]43C)[C@@H]12. The Hall–Kier alpha value is -1.43. The molecule has 5 heteroatoms. The Kier molecular flexibility index (Phi) is 9.39. The third kappa shape index (κ3) is 5.65. The summed E-state index contributed by atoms with van der Waals surface area (Å²) in [6.45, 7) is 27.3. The predicted molar refractivity (Wildman–Crippen MR) is 207 cm³/mol. The summed E-state index contributed by atoms with van der Waals surface area (Å²) >= 11 is 0. The van der Waals surface area contributed by atoms with E-state index in [1.807, 2.05) is 6.92 Å². The van der Waals surface area contributed by atoms with Crippen LogP contribution in [0.5, 0.6) is 0 Å². The Morgan fingerprint density at radius 1 is 1.00 bits per heavy atom. The first-order chi connectivity index (χ1) is 24.3. The summed E-state index contributed by atoms with van der Waals surface area (Å²) in [6, 6.07) is 0.656. The zero-order chi connectivity index (χ0) is 36.0. The first-order valence-electron chi connectivity index (χ1n) is 21.6. The van der Waals surface area contributed by atoms with Crippen molar-refractivity contribution in [2.45, 2.75) is 156 Å². The van der Waals surface area contributed by atoms with Gasteiger partial charge in [-0.25, -0.2) is 0 Å². The molecule has 2 aliphatic heterocycles. The fourth-order valence-corrected chi connectivity index (χ4v) is 15.6. The molecule has 4 saturated carbocycles. The zero-order valence-corrected chi connectivity index (χ0v) is 33.6. The highest BCUT2D eigenvalue weighted by atomic mass is 16.5. The normalized spacial score (nSPS) is 47.0. The number of esters is 1. The van der Waals surface area contributed by atoms with Crippen LogP contribution in [0, 0.1) is 57.2 Å². The van der Waals surface area contributed by atoms with E-state index in [1.165, 1.54) is 76.3 Å². The lowest BCUT2D eigenvalue weighted by molar-refractivity contribution is -0.221. The Balaban J connectivity index is 1.02. The molecular formula is C46H72N2O3. The van der Waals surface area contributed by atoms with Crippen LogP contribution in [-0.2, 0) is 14.3 Å². The molecule has 0 aromatic rings. The lowest BCUT2D eigenvalue weighted by Gasteiger charge is -2.72. The quantitative estimate of drug-likeness (QED) is 0.192. The molecule has 8 aliphatic rings. The highest BCUT2D eigenvalue weighted by Gasteiger charge is 2.70. The summed E-state index contributed by atoms with van der Waals surface area (Å²) in [5.74, 6) is 4.05. The maximum atomic E-state index is 12.2. The van der Waals surface area contributed by atoms with E-state index in [2.05, 4.69) is 70.5 Å². The minimum atomic E-state index is -0.0241. The van der Waals surface area contributed by atoms with Crippen molar-refractivity contribution in [3.8, 4) is 0 Å². The van der Waals surface area contributed by atoms with E-state index in [4.69, 9.17) is 9.47 Å². The summed E-state index contributed by atoms with van der Waals surface area (Å²) in [5, 5.41) is 4.36. The van der Waals surface area contributed by atoms with Gasteiger partial charge < -0.3 is 14.8 Å². The topological polar surface area (TPSA) is 50.8 Å². The standard InChI is InChI=1S/C46H72N2O3/c1-9-50-40(49)26-31-10-12-32(13-11-31)36-17-19-43(6)38(42(36,4)5)18-20-45(8)39(43)15-14-37-41-35(30(2)3)16-21-46(41,23-22-44(37,45)7)47-24-25-48-28-34-27-33(48)29-51-34/h12,17,31,33-35,37-39,41,47H,2,9-11,13-16,18-29H2,1,3-8H3/t31?,33?,34?,35-,37+,38-,39+,41+,43-,44+,45+,46-/m0/s1. The number of nitrogens with one attached hydrogen (secondary N) is 1. The molecule has 0 aromatic carbocycles. The second-order valence-corrected chi connectivity index (χ2v) is 20.5. The van der Waals surface area contributed by atoms with Crippen molar-refractivity contribution in [1.82, 2.24) is 10.2 Å². The van der Waals surface area contributed by atoms with Gasteiger partial charge in [0, 0.05) is 37.6 Å². The van der Waals surface area contributed by atoms with Gasteiger partial charge in [-0.05, 0) is 166 Å².